The molecule has 2 nitrogen and oxygen atoms in total. The Kier molecular flexibility index (Phi) is 3.45. The molecule has 0 saturated heterocycles. The molecule has 2 rings (SSSR count). The highest BCUT2D eigenvalue weighted by atomic mass is 16.5. The zero-order valence-corrected chi connectivity index (χ0v) is 9.11. The summed E-state index contributed by atoms with van der Waals surface area (Å²) in [6, 6.07) is 0. The molecule has 4 unspecified atom stereocenters. The molecule has 14 heavy (non-hydrogen) atoms. The van der Waals surface area contributed by atoms with Crippen molar-refractivity contribution in [3.63, 3.8) is 0 Å². The van der Waals surface area contributed by atoms with E-state index in [9.17, 15) is 5.11 Å². The first-order chi connectivity index (χ1) is 6.79. The van der Waals surface area contributed by atoms with Gasteiger partial charge in [0.05, 0.1) is 12.7 Å². The first-order valence-corrected chi connectivity index (χ1v) is 6.05. The smallest absolute Gasteiger partial charge is 0.0776 e. The number of aliphatic hydroxyl groups is 1. The van der Waals surface area contributed by atoms with Crippen LogP contribution < -0.4 is 0 Å². The molecule has 2 heteroatoms. The Hall–Kier alpha value is -0.0800. The molecule has 82 valence electrons. The van der Waals surface area contributed by atoms with Crippen LogP contribution in [0, 0.1) is 17.8 Å². The van der Waals surface area contributed by atoms with Crippen molar-refractivity contribution in [1.29, 1.82) is 0 Å². The average molecular weight is 198 g/mol. The molecule has 2 fully saturated rings. The zero-order chi connectivity index (χ0) is 9.97. The van der Waals surface area contributed by atoms with Gasteiger partial charge in [-0.25, -0.2) is 0 Å². The van der Waals surface area contributed by atoms with Gasteiger partial charge in [-0.05, 0) is 50.4 Å². The van der Waals surface area contributed by atoms with Crippen LogP contribution in [-0.4, -0.2) is 24.4 Å². The summed E-state index contributed by atoms with van der Waals surface area (Å²) in [5.41, 5.74) is 0. The zero-order valence-electron chi connectivity index (χ0n) is 9.11. The number of rotatable bonds is 5. The highest BCUT2D eigenvalue weighted by Gasteiger charge is 2.39. The molecule has 4 atom stereocenters. The Morgan fingerprint density at radius 1 is 1.36 bits per heavy atom. The largest absolute Gasteiger partial charge is 0.391 e. The van der Waals surface area contributed by atoms with Gasteiger partial charge in [-0.3, -0.25) is 0 Å². The lowest BCUT2D eigenvalue weighted by Gasteiger charge is -2.23. The Morgan fingerprint density at radius 2 is 2.21 bits per heavy atom. The highest BCUT2D eigenvalue weighted by molar-refractivity contribution is 4.90. The lowest BCUT2D eigenvalue weighted by molar-refractivity contribution is 0.0239. The van der Waals surface area contributed by atoms with Crippen LogP contribution in [0.5, 0.6) is 0 Å². The average Bonchev–Trinajstić information content (AvgIpc) is 2.76. The standard InChI is InChI=1S/C12H22O2/c1-2-14-8-12(13)7-11-6-9-3-4-10(11)5-9/h9-13H,2-8H2,1H3. The lowest BCUT2D eigenvalue weighted by Crippen LogP contribution is -2.22. The first kappa shape index (κ1) is 10.4. The van der Waals surface area contributed by atoms with Crippen molar-refractivity contribution in [2.24, 2.45) is 17.8 Å². The molecule has 2 saturated carbocycles. The monoisotopic (exact) mass is 198 g/mol. The third-order valence-corrected chi connectivity index (χ3v) is 3.97. The second-order valence-electron chi connectivity index (χ2n) is 4.98. The topological polar surface area (TPSA) is 29.5 Å². The van der Waals surface area contributed by atoms with E-state index in [0.29, 0.717) is 13.2 Å². The minimum Gasteiger partial charge on any atom is -0.391 e. The molecule has 0 aliphatic heterocycles. The second kappa shape index (κ2) is 4.63. The van der Waals surface area contributed by atoms with E-state index < -0.39 is 0 Å². The predicted molar refractivity (Wildman–Crippen MR) is 56.1 cm³/mol. The fourth-order valence-corrected chi connectivity index (χ4v) is 3.34. The van der Waals surface area contributed by atoms with Crippen LogP contribution in [0.3, 0.4) is 0 Å². The summed E-state index contributed by atoms with van der Waals surface area (Å²) in [7, 11) is 0. The number of ether oxygens (including phenoxy) is 1. The van der Waals surface area contributed by atoms with Gasteiger partial charge in [0.1, 0.15) is 0 Å². The van der Waals surface area contributed by atoms with E-state index in [1.165, 1.54) is 25.7 Å². The molecule has 0 aromatic rings. The van der Waals surface area contributed by atoms with Crippen LogP contribution >= 0.6 is 0 Å². The van der Waals surface area contributed by atoms with Gasteiger partial charge in [0.15, 0.2) is 0 Å². The molecule has 0 aromatic heterocycles. The van der Waals surface area contributed by atoms with Crippen molar-refractivity contribution >= 4 is 0 Å². The van der Waals surface area contributed by atoms with Gasteiger partial charge in [-0.2, -0.15) is 0 Å². The lowest BCUT2D eigenvalue weighted by atomic mass is 9.85. The Balaban J connectivity index is 1.70. The van der Waals surface area contributed by atoms with Crippen LogP contribution in [0.4, 0.5) is 0 Å². The minimum absolute atomic E-state index is 0.223. The summed E-state index contributed by atoms with van der Waals surface area (Å²) >= 11 is 0. The molecule has 0 heterocycles. The van der Waals surface area contributed by atoms with Gasteiger partial charge < -0.3 is 9.84 Å². The quantitative estimate of drug-likeness (QED) is 0.734. The summed E-state index contributed by atoms with van der Waals surface area (Å²) in [6.07, 6.45) is 6.42. The highest BCUT2D eigenvalue weighted by Crippen LogP contribution is 2.49. The number of hydrogen-bond acceptors (Lipinski definition) is 2. The number of fused-ring (bicyclic) bond motifs is 2. The number of hydrogen-bond donors (Lipinski definition) is 1. The molecule has 2 aliphatic rings. The van der Waals surface area contributed by atoms with Gasteiger partial charge in [0, 0.05) is 6.61 Å². The molecule has 2 bridgehead atoms. The van der Waals surface area contributed by atoms with Crippen LogP contribution in [-0.2, 0) is 4.74 Å². The minimum atomic E-state index is -0.223. The third kappa shape index (κ3) is 2.29. The first-order valence-electron chi connectivity index (χ1n) is 6.05. The van der Waals surface area contributed by atoms with Gasteiger partial charge in [0.25, 0.3) is 0 Å². The van der Waals surface area contributed by atoms with E-state index in [2.05, 4.69) is 0 Å². The fraction of sp³-hybridized carbons (Fsp3) is 1.00. The normalized spacial score (nSPS) is 37.7. The van der Waals surface area contributed by atoms with Crippen molar-refractivity contribution in [1.82, 2.24) is 0 Å². The fourth-order valence-electron chi connectivity index (χ4n) is 3.34. The maximum atomic E-state index is 9.74. The summed E-state index contributed by atoms with van der Waals surface area (Å²) in [5, 5.41) is 9.74. The van der Waals surface area contributed by atoms with E-state index in [1.54, 1.807) is 0 Å². The van der Waals surface area contributed by atoms with Gasteiger partial charge in [-0.15, -0.1) is 0 Å². The SMILES string of the molecule is CCOCC(O)CC1CC2CCC1C2. The number of aliphatic hydroxyl groups excluding tert-OH is 1. The van der Waals surface area contributed by atoms with E-state index in [4.69, 9.17) is 4.74 Å². The summed E-state index contributed by atoms with van der Waals surface area (Å²) in [5.74, 6) is 2.71. The van der Waals surface area contributed by atoms with Crippen LogP contribution in [0.1, 0.15) is 39.0 Å². The molecular weight excluding hydrogens is 176 g/mol. The van der Waals surface area contributed by atoms with Gasteiger partial charge in [-0.1, -0.05) is 6.42 Å². The maximum absolute atomic E-state index is 9.74. The van der Waals surface area contributed by atoms with Crippen molar-refractivity contribution in [3.8, 4) is 0 Å². The molecule has 0 amide bonds. The molecule has 0 spiro atoms. The molecular formula is C12H22O2. The van der Waals surface area contributed by atoms with Gasteiger partial charge >= 0.3 is 0 Å². The van der Waals surface area contributed by atoms with Crippen molar-refractivity contribution in [2.45, 2.75) is 45.1 Å². The van der Waals surface area contributed by atoms with E-state index in [0.717, 1.165) is 24.2 Å². The van der Waals surface area contributed by atoms with E-state index >= 15 is 0 Å². The predicted octanol–water partition coefficient (Wildman–Crippen LogP) is 2.21. The van der Waals surface area contributed by atoms with Gasteiger partial charge in [0.2, 0.25) is 0 Å². The Labute approximate surface area is 86.6 Å². The maximum Gasteiger partial charge on any atom is 0.0776 e. The Bertz CT molecular complexity index is 181. The van der Waals surface area contributed by atoms with Crippen molar-refractivity contribution in [3.05, 3.63) is 0 Å². The van der Waals surface area contributed by atoms with Crippen LogP contribution in [0.25, 0.3) is 0 Å². The Morgan fingerprint density at radius 3 is 2.79 bits per heavy atom. The van der Waals surface area contributed by atoms with Crippen LogP contribution in [0.2, 0.25) is 0 Å². The molecule has 0 aromatic carbocycles. The van der Waals surface area contributed by atoms with Crippen molar-refractivity contribution < 1.29 is 9.84 Å². The van der Waals surface area contributed by atoms with E-state index in [1.807, 2.05) is 6.92 Å². The summed E-state index contributed by atoms with van der Waals surface area (Å²) in [4.78, 5) is 0. The van der Waals surface area contributed by atoms with Crippen LogP contribution in [0.15, 0.2) is 0 Å². The van der Waals surface area contributed by atoms with E-state index in [-0.39, 0.29) is 6.10 Å². The van der Waals surface area contributed by atoms with Crippen molar-refractivity contribution in [2.75, 3.05) is 13.2 Å². The summed E-state index contributed by atoms with van der Waals surface area (Å²) < 4.78 is 5.24. The second-order valence-corrected chi connectivity index (χ2v) is 4.98. The molecule has 0 radical (unpaired) electrons. The molecule has 1 N–H and O–H groups in total. The summed E-state index contributed by atoms with van der Waals surface area (Å²) in [6.45, 7) is 3.22. The molecule has 2 aliphatic carbocycles. The third-order valence-electron chi connectivity index (χ3n) is 3.97.